The van der Waals surface area contributed by atoms with Crippen molar-refractivity contribution in [2.45, 2.75) is 25.8 Å². The monoisotopic (exact) mass is 543 g/mol. The van der Waals surface area contributed by atoms with Crippen LogP contribution >= 0.6 is 11.8 Å². The Kier molecular flexibility index (Phi) is 11.9. The van der Waals surface area contributed by atoms with Crippen LogP contribution in [0.25, 0.3) is 23.3 Å². The van der Waals surface area contributed by atoms with Gasteiger partial charge in [-0.05, 0) is 82.9 Å². The molecule has 0 aliphatic heterocycles. The number of hydrogen-bond acceptors (Lipinski definition) is 3. The van der Waals surface area contributed by atoms with E-state index in [1.165, 1.54) is 11.1 Å². The molecular formula is C34H34LiNO3S. The van der Waals surface area contributed by atoms with Crippen molar-refractivity contribution in [3.05, 3.63) is 130 Å². The molecule has 4 nitrogen and oxygen atoms in total. The molecule has 1 amide bonds. The van der Waals surface area contributed by atoms with Crippen molar-refractivity contribution in [3.63, 3.8) is 0 Å². The number of benzene rings is 4. The van der Waals surface area contributed by atoms with E-state index in [9.17, 15) is 14.7 Å². The van der Waals surface area contributed by atoms with Gasteiger partial charge in [-0.25, -0.2) is 4.79 Å². The van der Waals surface area contributed by atoms with Crippen LogP contribution in [0.2, 0.25) is 0 Å². The molecule has 4 rings (SSSR count). The number of aryl methyl sites for hydroxylation is 1. The Morgan fingerprint density at radius 3 is 2.30 bits per heavy atom. The van der Waals surface area contributed by atoms with E-state index in [1.807, 2.05) is 61.7 Å². The third-order valence-electron chi connectivity index (χ3n) is 6.69. The van der Waals surface area contributed by atoms with Gasteiger partial charge in [0, 0.05) is 5.56 Å². The van der Waals surface area contributed by atoms with Crippen molar-refractivity contribution in [1.82, 2.24) is 5.32 Å². The molecule has 0 aliphatic rings. The fourth-order valence-corrected chi connectivity index (χ4v) is 5.02. The van der Waals surface area contributed by atoms with Gasteiger partial charge in [0.15, 0.2) is 0 Å². The summed E-state index contributed by atoms with van der Waals surface area (Å²) >= 11 is 1.56. The normalized spacial score (nSPS) is 11.6. The van der Waals surface area contributed by atoms with E-state index in [2.05, 4.69) is 59.9 Å². The molecule has 0 radical (unpaired) electrons. The molecule has 2 N–H and O–H groups in total. The van der Waals surface area contributed by atoms with Crippen LogP contribution in [0.15, 0.2) is 97.1 Å². The molecule has 4 aromatic carbocycles. The molecule has 0 spiro atoms. The molecule has 40 heavy (non-hydrogen) atoms. The maximum atomic E-state index is 13.3. The molecular weight excluding hydrogens is 509 g/mol. The van der Waals surface area contributed by atoms with E-state index in [0.717, 1.165) is 34.2 Å². The molecule has 4 aromatic rings. The number of thioether (sulfide) groups is 1. The van der Waals surface area contributed by atoms with E-state index in [0.29, 0.717) is 17.7 Å². The Morgan fingerprint density at radius 2 is 1.57 bits per heavy atom. The molecule has 0 fully saturated rings. The first-order valence-electron chi connectivity index (χ1n) is 13.0. The molecule has 0 aliphatic carbocycles. The van der Waals surface area contributed by atoms with E-state index in [-0.39, 0.29) is 24.8 Å². The molecule has 200 valence electrons. The first-order valence-corrected chi connectivity index (χ1v) is 14.4. The first kappa shape index (κ1) is 31.0. The summed E-state index contributed by atoms with van der Waals surface area (Å²) in [7, 11) is 0. The molecule has 0 aromatic heterocycles. The van der Waals surface area contributed by atoms with Gasteiger partial charge < -0.3 is 10.4 Å². The quantitative estimate of drug-likeness (QED) is 0.163. The zero-order valence-corrected chi connectivity index (χ0v) is 23.1. The standard InChI is InChI=1S/C34H33NO3S.Li.H/c1-24-10-6-9-15-29(24)31-23-26(17-19-30(31)33(36)35-32(34(37)38)20-21-39-2)16-18-27-13-7-8-14-28(27)22-25-11-4-3-5-12-25;;/h3-19,23,32H,20-22H2,1-2H3,(H,35,36)(H,37,38);;/t32-;;/m0../s1. The third kappa shape index (κ3) is 8.26. The number of carboxylic acids is 1. The van der Waals surface area contributed by atoms with Crippen molar-refractivity contribution in [2.75, 3.05) is 12.0 Å². The summed E-state index contributed by atoms with van der Waals surface area (Å²) in [6.45, 7) is 2.01. The predicted octanol–water partition coefficient (Wildman–Crippen LogP) is 6.71. The van der Waals surface area contributed by atoms with E-state index < -0.39 is 12.0 Å². The van der Waals surface area contributed by atoms with Crippen LogP contribution in [0.1, 0.15) is 44.6 Å². The average Bonchev–Trinajstić information content (AvgIpc) is 2.95. The SMILES string of the molecule is CSCC[C@H](NC(=O)c1ccc(C=Cc2ccccc2Cc2ccccc2)cc1-c1ccccc1C)C(=O)O.[LiH]. The first-order chi connectivity index (χ1) is 19.0. The summed E-state index contributed by atoms with van der Waals surface area (Å²) in [5.41, 5.74) is 7.81. The molecule has 0 heterocycles. The zero-order chi connectivity index (χ0) is 27.6. The van der Waals surface area contributed by atoms with Gasteiger partial charge in [-0.3, -0.25) is 4.79 Å². The van der Waals surface area contributed by atoms with Gasteiger partial charge in [-0.15, -0.1) is 0 Å². The number of aliphatic carboxylic acids is 1. The van der Waals surface area contributed by atoms with Gasteiger partial charge in [0.1, 0.15) is 6.04 Å². The number of carbonyl (C=O) groups excluding carboxylic acids is 1. The number of carbonyl (C=O) groups is 2. The fraction of sp³-hybridized carbons (Fsp3) is 0.176. The number of rotatable bonds is 11. The van der Waals surface area contributed by atoms with Crippen LogP contribution in [0.3, 0.4) is 0 Å². The molecule has 0 unspecified atom stereocenters. The van der Waals surface area contributed by atoms with E-state index in [1.54, 1.807) is 17.8 Å². The van der Waals surface area contributed by atoms with Gasteiger partial charge in [0.2, 0.25) is 0 Å². The summed E-state index contributed by atoms with van der Waals surface area (Å²) in [5.74, 6) is -0.758. The Labute approximate surface area is 253 Å². The Hall–Kier alpha value is -3.49. The Morgan fingerprint density at radius 1 is 0.875 bits per heavy atom. The topological polar surface area (TPSA) is 66.4 Å². The number of hydrogen-bond donors (Lipinski definition) is 2. The van der Waals surface area contributed by atoms with Crippen molar-refractivity contribution in [3.8, 4) is 11.1 Å². The number of carboxylic acid groups (broad SMARTS) is 1. The molecule has 6 heteroatoms. The molecule has 0 bridgehead atoms. The molecule has 0 saturated heterocycles. The Bertz CT molecular complexity index is 1470. The Balaban J connectivity index is 0.00000441. The van der Waals surface area contributed by atoms with Gasteiger partial charge >= 0.3 is 24.8 Å². The van der Waals surface area contributed by atoms with Crippen molar-refractivity contribution in [2.24, 2.45) is 0 Å². The van der Waals surface area contributed by atoms with Gasteiger partial charge in [0.25, 0.3) is 5.91 Å². The fourth-order valence-electron chi connectivity index (χ4n) is 4.55. The summed E-state index contributed by atoms with van der Waals surface area (Å²) in [4.78, 5) is 25.1. The second kappa shape index (κ2) is 15.3. The molecule has 0 saturated carbocycles. The van der Waals surface area contributed by atoms with Gasteiger partial charge in [-0.1, -0.05) is 97.1 Å². The number of amides is 1. The summed E-state index contributed by atoms with van der Waals surface area (Å²) in [6, 6.07) is 31.4. The van der Waals surface area contributed by atoms with E-state index >= 15 is 0 Å². The van der Waals surface area contributed by atoms with Gasteiger partial charge in [-0.2, -0.15) is 11.8 Å². The van der Waals surface area contributed by atoms with Crippen molar-refractivity contribution >= 4 is 54.7 Å². The summed E-state index contributed by atoms with van der Waals surface area (Å²) in [5, 5.41) is 12.4. The van der Waals surface area contributed by atoms with Crippen LogP contribution in [-0.2, 0) is 11.2 Å². The summed E-state index contributed by atoms with van der Waals surface area (Å²) < 4.78 is 0. The average molecular weight is 544 g/mol. The van der Waals surface area contributed by atoms with E-state index in [4.69, 9.17) is 0 Å². The molecule has 1 atom stereocenters. The van der Waals surface area contributed by atoms with Crippen LogP contribution < -0.4 is 5.32 Å². The van der Waals surface area contributed by atoms with Crippen LogP contribution in [-0.4, -0.2) is 53.9 Å². The minimum atomic E-state index is -1.02. The van der Waals surface area contributed by atoms with Crippen LogP contribution in [0.4, 0.5) is 0 Å². The minimum absolute atomic E-state index is 0. The van der Waals surface area contributed by atoms with Gasteiger partial charge in [0.05, 0.1) is 0 Å². The summed E-state index contributed by atoms with van der Waals surface area (Å²) in [6.07, 6.45) is 7.30. The van der Waals surface area contributed by atoms with Crippen molar-refractivity contribution < 1.29 is 14.7 Å². The second-order valence-electron chi connectivity index (χ2n) is 9.46. The second-order valence-corrected chi connectivity index (χ2v) is 10.4. The third-order valence-corrected chi connectivity index (χ3v) is 7.33. The number of nitrogens with one attached hydrogen (secondary N) is 1. The maximum absolute atomic E-state index is 13.3. The van der Waals surface area contributed by atoms with Crippen molar-refractivity contribution in [1.29, 1.82) is 0 Å². The van der Waals surface area contributed by atoms with Crippen LogP contribution in [0, 0.1) is 6.92 Å². The van der Waals surface area contributed by atoms with Crippen LogP contribution in [0.5, 0.6) is 0 Å². The predicted molar refractivity (Wildman–Crippen MR) is 170 cm³/mol. The zero-order valence-electron chi connectivity index (χ0n) is 22.3.